The largest absolute Gasteiger partial charge is 0.497 e. The van der Waals surface area contributed by atoms with Crippen LogP contribution in [0.2, 0.25) is 0 Å². The van der Waals surface area contributed by atoms with Gasteiger partial charge in [0.15, 0.2) is 10.6 Å². The fraction of sp³-hybridized carbons (Fsp3) is 0.364. The Bertz CT molecular complexity index is 1140. The summed E-state index contributed by atoms with van der Waals surface area (Å²) in [5, 5.41) is 7.05. The maximum Gasteiger partial charge on any atom is 0.279 e. The lowest BCUT2D eigenvalue weighted by molar-refractivity contribution is -0.122. The first-order valence-corrected chi connectivity index (χ1v) is 11.8. The highest BCUT2D eigenvalue weighted by atomic mass is 32.1. The van der Waals surface area contributed by atoms with E-state index in [0.29, 0.717) is 22.0 Å². The summed E-state index contributed by atoms with van der Waals surface area (Å²) in [6.45, 7) is 0.325. The molecule has 0 radical (unpaired) electrons. The Labute approximate surface area is 195 Å². The Morgan fingerprint density at radius 2 is 1.97 bits per heavy atom. The molecule has 2 heterocycles. The lowest BCUT2D eigenvalue weighted by Crippen LogP contribution is -2.41. The first kappa shape index (κ1) is 22.2. The molecule has 10 heteroatoms. The van der Waals surface area contributed by atoms with Crippen molar-refractivity contribution in [2.24, 2.45) is 0 Å². The molecule has 0 atom stereocenters. The molecule has 168 valence electrons. The van der Waals surface area contributed by atoms with E-state index in [-0.39, 0.29) is 18.2 Å². The van der Waals surface area contributed by atoms with Gasteiger partial charge in [0.25, 0.3) is 5.91 Å². The summed E-state index contributed by atoms with van der Waals surface area (Å²) < 4.78 is 7.37. The number of aromatic amines is 1. The third-order valence-corrected chi connectivity index (χ3v) is 7.00. The van der Waals surface area contributed by atoms with E-state index < -0.39 is 0 Å². The molecule has 1 aliphatic carbocycles. The number of benzene rings is 1. The molecule has 8 nitrogen and oxygen atoms in total. The summed E-state index contributed by atoms with van der Waals surface area (Å²) in [5.74, 6) is 0.789. The lowest BCUT2D eigenvalue weighted by atomic mass is 10.1. The highest BCUT2D eigenvalue weighted by Gasteiger charge is 2.17. The molecule has 0 unspecified atom stereocenters. The number of carbonyl (C=O) groups is 2. The van der Waals surface area contributed by atoms with Crippen LogP contribution in [0.3, 0.4) is 0 Å². The van der Waals surface area contributed by atoms with Crippen molar-refractivity contribution in [1.82, 2.24) is 25.6 Å². The van der Waals surface area contributed by atoms with E-state index in [4.69, 9.17) is 17.0 Å². The van der Waals surface area contributed by atoms with Gasteiger partial charge in [0, 0.05) is 23.4 Å². The molecule has 4 rings (SSSR count). The average molecular weight is 472 g/mol. The van der Waals surface area contributed by atoms with Crippen LogP contribution >= 0.6 is 23.6 Å². The molecule has 0 aliphatic heterocycles. The second kappa shape index (κ2) is 10.1. The molecule has 0 bridgehead atoms. The maximum absolute atomic E-state index is 12.5. The summed E-state index contributed by atoms with van der Waals surface area (Å²) in [7, 11) is 1.61. The number of thiophene rings is 1. The molecule has 0 fully saturated rings. The van der Waals surface area contributed by atoms with Gasteiger partial charge in [-0.3, -0.25) is 30.1 Å². The Balaban J connectivity index is 1.33. The zero-order valence-corrected chi connectivity index (χ0v) is 19.4. The number of ether oxygens (including phenoxy) is 1. The van der Waals surface area contributed by atoms with Crippen LogP contribution in [0.1, 0.15) is 45.8 Å². The molecule has 0 saturated heterocycles. The topological polar surface area (TPSA) is 101 Å². The third-order valence-electron chi connectivity index (χ3n) is 5.45. The third kappa shape index (κ3) is 5.08. The summed E-state index contributed by atoms with van der Waals surface area (Å²) in [4.78, 5) is 26.7. The first-order chi connectivity index (χ1) is 15.5. The van der Waals surface area contributed by atoms with E-state index in [1.165, 1.54) is 34.6 Å². The summed E-state index contributed by atoms with van der Waals surface area (Å²) >= 11 is 6.84. The van der Waals surface area contributed by atoms with E-state index >= 15 is 0 Å². The molecule has 1 aliphatic rings. The van der Waals surface area contributed by atoms with Crippen LogP contribution < -0.4 is 15.6 Å². The van der Waals surface area contributed by atoms with Crippen LogP contribution in [-0.4, -0.2) is 33.7 Å². The molecule has 1 aromatic carbocycles. The second-order valence-corrected chi connectivity index (χ2v) is 9.13. The number of hydrogen-bond acceptors (Lipinski definition) is 6. The standard InChI is InChI=1S/C22H25N5O3S2/c1-30-16-9-7-14(8-10-16)20-24-26-22(31)27(20)12-11-19(28)23-25-21(29)18-13-15-5-3-2-4-6-17(15)32-18/h7-10,13H,2-6,11-12H2,1H3,(H,23,28)(H,25,29)(H,26,31). The van der Waals surface area contributed by atoms with E-state index in [2.05, 4.69) is 21.0 Å². The van der Waals surface area contributed by atoms with Crippen LogP contribution in [0.25, 0.3) is 11.4 Å². The number of rotatable bonds is 6. The Morgan fingerprint density at radius 3 is 2.75 bits per heavy atom. The van der Waals surface area contributed by atoms with Gasteiger partial charge in [-0.15, -0.1) is 11.3 Å². The Kier molecular flexibility index (Phi) is 7.01. The smallest absolute Gasteiger partial charge is 0.279 e. The normalized spacial score (nSPS) is 13.2. The molecule has 32 heavy (non-hydrogen) atoms. The van der Waals surface area contributed by atoms with Crippen LogP contribution in [0.15, 0.2) is 30.3 Å². The monoisotopic (exact) mass is 471 g/mol. The molecule has 0 spiro atoms. The molecule has 2 aromatic heterocycles. The molecule has 0 saturated carbocycles. The minimum absolute atomic E-state index is 0.137. The molecule has 3 N–H and O–H groups in total. The van der Waals surface area contributed by atoms with Crippen LogP contribution in [0.5, 0.6) is 5.75 Å². The van der Waals surface area contributed by atoms with Gasteiger partial charge in [-0.2, -0.15) is 5.10 Å². The minimum atomic E-state index is -0.305. The number of hydrogen-bond donors (Lipinski definition) is 3. The number of hydrazine groups is 1. The van der Waals surface area contributed by atoms with Crippen molar-refractivity contribution in [1.29, 1.82) is 0 Å². The number of methoxy groups -OCH3 is 1. The molecule has 2 amide bonds. The molecular weight excluding hydrogens is 446 g/mol. The van der Waals surface area contributed by atoms with Gasteiger partial charge in [0.05, 0.1) is 12.0 Å². The molecular formula is C22H25N5O3S2. The van der Waals surface area contributed by atoms with E-state index in [9.17, 15) is 9.59 Å². The van der Waals surface area contributed by atoms with Crippen molar-refractivity contribution in [3.8, 4) is 17.1 Å². The number of nitrogens with one attached hydrogen (secondary N) is 3. The van der Waals surface area contributed by atoms with Crippen molar-refractivity contribution in [3.05, 3.63) is 50.4 Å². The van der Waals surface area contributed by atoms with Gasteiger partial charge in [0.1, 0.15) is 5.75 Å². The van der Waals surface area contributed by atoms with Crippen LogP contribution in [-0.2, 0) is 24.2 Å². The fourth-order valence-electron chi connectivity index (χ4n) is 3.73. The quantitative estimate of drug-likeness (QED) is 0.288. The van der Waals surface area contributed by atoms with Crippen LogP contribution in [0, 0.1) is 4.77 Å². The summed E-state index contributed by atoms with van der Waals surface area (Å²) in [6, 6.07) is 9.39. The highest BCUT2D eigenvalue weighted by molar-refractivity contribution is 7.71. The van der Waals surface area contributed by atoms with Gasteiger partial charge < -0.3 is 4.74 Å². The average Bonchev–Trinajstić information content (AvgIpc) is 3.32. The van der Waals surface area contributed by atoms with Crippen molar-refractivity contribution < 1.29 is 14.3 Å². The van der Waals surface area contributed by atoms with Crippen LogP contribution in [0.4, 0.5) is 0 Å². The zero-order chi connectivity index (χ0) is 22.5. The summed E-state index contributed by atoms with van der Waals surface area (Å²) in [5.41, 5.74) is 7.15. The lowest BCUT2D eigenvalue weighted by Gasteiger charge is -2.09. The van der Waals surface area contributed by atoms with E-state index in [1.54, 1.807) is 11.7 Å². The van der Waals surface area contributed by atoms with E-state index in [0.717, 1.165) is 30.6 Å². The number of nitrogens with zero attached hydrogens (tertiary/aromatic N) is 2. The maximum atomic E-state index is 12.5. The molecule has 3 aromatic rings. The zero-order valence-electron chi connectivity index (χ0n) is 17.8. The second-order valence-electron chi connectivity index (χ2n) is 7.60. The number of H-pyrrole nitrogens is 1. The van der Waals surface area contributed by atoms with Gasteiger partial charge in [-0.25, -0.2) is 0 Å². The fourth-order valence-corrected chi connectivity index (χ4v) is 5.10. The van der Waals surface area contributed by atoms with Gasteiger partial charge in [-0.05, 0) is 73.8 Å². The Hall–Kier alpha value is -2.98. The van der Waals surface area contributed by atoms with E-state index in [1.807, 2.05) is 30.3 Å². The predicted molar refractivity (Wildman–Crippen MR) is 125 cm³/mol. The van der Waals surface area contributed by atoms with Crippen molar-refractivity contribution in [2.75, 3.05) is 7.11 Å². The van der Waals surface area contributed by atoms with Crippen molar-refractivity contribution in [3.63, 3.8) is 0 Å². The first-order valence-electron chi connectivity index (χ1n) is 10.6. The number of fused-ring (bicyclic) bond motifs is 1. The van der Waals surface area contributed by atoms with Gasteiger partial charge in [0.2, 0.25) is 5.91 Å². The Morgan fingerprint density at radius 1 is 1.19 bits per heavy atom. The number of aryl methyl sites for hydroxylation is 2. The van der Waals surface area contributed by atoms with Gasteiger partial charge in [-0.1, -0.05) is 6.42 Å². The number of amides is 2. The highest BCUT2D eigenvalue weighted by Crippen LogP contribution is 2.28. The minimum Gasteiger partial charge on any atom is -0.497 e. The SMILES string of the molecule is COc1ccc(-c2n[nH]c(=S)n2CCC(=O)NNC(=O)c2cc3c(s2)CCCCC3)cc1. The predicted octanol–water partition coefficient (Wildman–Crippen LogP) is 3.80. The van der Waals surface area contributed by atoms with Crippen molar-refractivity contribution in [2.45, 2.75) is 45.1 Å². The number of carbonyl (C=O) groups excluding carboxylic acids is 2. The number of aromatic nitrogens is 3. The van der Waals surface area contributed by atoms with Gasteiger partial charge >= 0.3 is 0 Å². The van der Waals surface area contributed by atoms with Crippen molar-refractivity contribution >= 4 is 35.4 Å². The summed E-state index contributed by atoms with van der Waals surface area (Å²) in [6.07, 6.45) is 5.75.